The summed E-state index contributed by atoms with van der Waals surface area (Å²) in [5.41, 5.74) is 5.32. The summed E-state index contributed by atoms with van der Waals surface area (Å²) in [7, 11) is 0. The van der Waals surface area contributed by atoms with Gasteiger partial charge in [-0.3, -0.25) is 29.3 Å². The zero-order valence-electron chi connectivity index (χ0n) is 29.9. The summed E-state index contributed by atoms with van der Waals surface area (Å²) in [6, 6.07) is 16.6. The van der Waals surface area contributed by atoms with Crippen molar-refractivity contribution in [3.63, 3.8) is 0 Å². The van der Waals surface area contributed by atoms with Crippen molar-refractivity contribution >= 4 is 68.1 Å². The predicted molar refractivity (Wildman–Crippen MR) is 206 cm³/mol. The second-order valence-electron chi connectivity index (χ2n) is 13.4. The van der Waals surface area contributed by atoms with Gasteiger partial charge < -0.3 is 19.2 Å². The summed E-state index contributed by atoms with van der Waals surface area (Å²) >= 11 is 7.89. The molecule has 14 heteroatoms. The summed E-state index contributed by atoms with van der Waals surface area (Å²) in [5.74, 6) is 0.868. The molecular formula is C40H37ClN6O6S. The first-order valence-corrected chi connectivity index (χ1v) is 19.0. The van der Waals surface area contributed by atoms with Gasteiger partial charge in [0.15, 0.2) is 5.82 Å². The minimum atomic E-state index is -0.555. The lowest BCUT2D eigenvalue weighted by atomic mass is 9.89. The summed E-state index contributed by atoms with van der Waals surface area (Å²) in [6.07, 6.45) is 2.45. The second-order valence-corrected chi connectivity index (χ2v) is 15.1. The number of hydrogen-bond donors (Lipinski definition) is 2. The first-order valence-electron chi connectivity index (χ1n) is 17.8. The number of rotatable bonds is 11. The molecule has 1 saturated heterocycles. The molecule has 2 aliphatic rings. The quantitative estimate of drug-likeness (QED) is 0.108. The molecule has 2 aliphatic heterocycles. The van der Waals surface area contributed by atoms with E-state index in [1.54, 1.807) is 17.6 Å². The van der Waals surface area contributed by atoms with Gasteiger partial charge in [0.1, 0.15) is 34.8 Å². The molecule has 8 rings (SSSR count). The molecule has 0 aliphatic carbocycles. The molecule has 2 N–H and O–H groups in total. The molecule has 3 aromatic heterocycles. The number of nitrogens with one attached hydrogen (secondary N) is 2. The number of benzene rings is 3. The van der Waals surface area contributed by atoms with Gasteiger partial charge in [0.25, 0.3) is 0 Å². The SMILES string of the molecule is Cc1sc2c(c1C)C(c1ccc(Cl)cc1)=N[C@@H](CC(=O)NCCOCCOc1ccc3c(ccc4occ(C5CCC(=O)NC5=O)c43)c1)c1nnc(C)n1-2. The van der Waals surface area contributed by atoms with E-state index in [1.807, 2.05) is 66.1 Å². The van der Waals surface area contributed by atoms with E-state index in [0.29, 0.717) is 61.4 Å². The number of ether oxygens (including phenoxy) is 2. The highest BCUT2D eigenvalue weighted by atomic mass is 35.5. The number of aromatic nitrogens is 3. The first kappa shape index (κ1) is 35.6. The lowest BCUT2D eigenvalue weighted by molar-refractivity contribution is -0.134. The fourth-order valence-electron chi connectivity index (χ4n) is 7.17. The molecule has 0 saturated carbocycles. The summed E-state index contributed by atoms with van der Waals surface area (Å²) in [6.45, 7) is 7.38. The fourth-order valence-corrected chi connectivity index (χ4v) is 8.51. The van der Waals surface area contributed by atoms with Crippen molar-refractivity contribution in [3.8, 4) is 10.8 Å². The monoisotopic (exact) mass is 764 g/mol. The van der Waals surface area contributed by atoms with E-state index in [1.165, 1.54) is 4.88 Å². The molecule has 2 atom stereocenters. The number of aryl methyl sites for hydroxylation is 2. The van der Waals surface area contributed by atoms with Gasteiger partial charge in [0.2, 0.25) is 17.7 Å². The van der Waals surface area contributed by atoms with Crippen LogP contribution in [-0.2, 0) is 19.1 Å². The molecule has 0 spiro atoms. The molecule has 5 heterocycles. The maximum atomic E-state index is 13.3. The van der Waals surface area contributed by atoms with Gasteiger partial charge in [-0.25, -0.2) is 0 Å². The number of imide groups is 1. The van der Waals surface area contributed by atoms with Crippen LogP contribution in [0.1, 0.15) is 70.0 Å². The van der Waals surface area contributed by atoms with Crippen LogP contribution < -0.4 is 15.4 Å². The van der Waals surface area contributed by atoms with Crippen molar-refractivity contribution in [3.05, 3.63) is 105 Å². The topological polar surface area (TPSA) is 150 Å². The molecule has 0 radical (unpaired) electrons. The van der Waals surface area contributed by atoms with Crippen molar-refractivity contribution < 1.29 is 28.3 Å². The normalized spacial score (nSPS) is 16.9. The third-order valence-corrected chi connectivity index (χ3v) is 11.4. The first-order chi connectivity index (χ1) is 26.2. The van der Waals surface area contributed by atoms with Crippen molar-refractivity contribution in [1.29, 1.82) is 0 Å². The number of fused-ring (bicyclic) bond motifs is 6. The number of hydrogen-bond acceptors (Lipinski definition) is 10. The molecule has 12 nitrogen and oxygen atoms in total. The number of halogens is 1. The van der Waals surface area contributed by atoms with Gasteiger partial charge in [-0.05, 0) is 79.9 Å². The lowest BCUT2D eigenvalue weighted by Crippen LogP contribution is -2.39. The molecule has 1 fully saturated rings. The molecule has 3 amide bonds. The Hall–Kier alpha value is -5.37. The summed E-state index contributed by atoms with van der Waals surface area (Å²) < 4.78 is 19.6. The van der Waals surface area contributed by atoms with Gasteiger partial charge in [0, 0.05) is 44.9 Å². The van der Waals surface area contributed by atoms with Gasteiger partial charge in [0.05, 0.1) is 37.5 Å². The lowest BCUT2D eigenvalue weighted by Gasteiger charge is -2.20. The van der Waals surface area contributed by atoms with Crippen molar-refractivity contribution in [2.24, 2.45) is 4.99 Å². The van der Waals surface area contributed by atoms with E-state index in [-0.39, 0.29) is 24.1 Å². The van der Waals surface area contributed by atoms with E-state index in [4.69, 9.17) is 30.5 Å². The second kappa shape index (κ2) is 14.8. The van der Waals surface area contributed by atoms with Crippen LogP contribution >= 0.6 is 22.9 Å². The highest BCUT2D eigenvalue weighted by Gasteiger charge is 2.33. The Morgan fingerprint density at radius 3 is 2.70 bits per heavy atom. The Morgan fingerprint density at radius 2 is 1.89 bits per heavy atom. The van der Waals surface area contributed by atoms with E-state index in [2.05, 4.69) is 34.7 Å². The number of furan rings is 1. The van der Waals surface area contributed by atoms with Crippen LogP contribution in [0, 0.1) is 20.8 Å². The highest BCUT2D eigenvalue weighted by molar-refractivity contribution is 7.15. The third-order valence-electron chi connectivity index (χ3n) is 9.97. The van der Waals surface area contributed by atoms with Crippen LogP contribution in [0.2, 0.25) is 5.02 Å². The predicted octanol–water partition coefficient (Wildman–Crippen LogP) is 6.82. The van der Waals surface area contributed by atoms with Crippen LogP contribution in [0.5, 0.6) is 5.75 Å². The van der Waals surface area contributed by atoms with Crippen molar-refractivity contribution in [2.75, 3.05) is 26.4 Å². The number of carbonyl (C=O) groups excluding carboxylic acids is 3. The smallest absolute Gasteiger partial charge is 0.234 e. The standard InChI is InChI=1S/C40H37ClN6O6S/c1-21-22(2)54-40-35(21)37(24-4-7-26(41)8-5-24)43-31(38-46-45-23(3)47(38)40)19-34(49)42-14-15-51-16-17-52-27-9-10-28-25(18-27)6-12-32-36(28)30(20-53-32)29-11-13-33(48)44-39(29)50/h4-10,12,18,20,29,31H,11,13-17,19H2,1-3H3,(H,42,49)(H,44,48,50)/t29?,31-/m0/s1. The minimum absolute atomic E-state index is 0.0907. The summed E-state index contributed by atoms with van der Waals surface area (Å²) in [5, 5.41) is 18.6. The summed E-state index contributed by atoms with van der Waals surface area (Å²) in [4.78, 5) is 43.9. The number of piperidine rings is 1. The number of carbonyl (C=O) groups is 3. The maximum absolute atomic E-state index is 13.3. The largest absolute Gasteiger partial charge is 0.491 e. The van der Waals surface area contributed by atoms with E-state index in [9.17, 15) is 14.4 Å². The van der Waals surface area contributed by atoms with Gasteiger partial charge in [-0.2, -0.15) is 0 Å². The Morgan fingerprint density at radius 1 is 1.06 bits per heavy atom. The molecule has 1 unspecified atom stereocenters. The van der Waals surface area contributed by atoms with E-state index >= 15 is 0 Å². The Labute approximate surface area is 319 Å². The van der Waals surface area contributed by atoms with Gasteiger partial charge in [-0.1, -0.05) is 29.8 Å². The molecule has 0 bridgehead atoms. The number of aliphatic imine (C=N–C) groups is 1. The average Bonchev–Trinajstić information content (AvgIpc) is 3.82. The number of nitrogens with zero attached hydrogens (tertiary/aromatic N) is 4. The molecule has 3 aromatic carbocycles. The minimum Gasteiger partial charge on any atom is -0.491 e. The average molecular weight is 765 g/mol. The van der Waals surface area contributed by atoms with Gasteiger partial charge in [-0.15, -0.1) is 21.5 Å². The number of thiophene rings is 1. The Balaban J connectivity index is 0.868. The molecular weight excluding hydrogens is 728 g/mol. The number of amides is 3. The van der Waals surface area contributed by atoms with E-state index < -0.39 is 12.0 Å². The van der Waals surface area contributed by atoms with Crippen LogP contribution in [0.3, 0.4) is 0 Å². The van der Waals surface area contributed by atoms with Gasteiger partial charge >= 0.3 is 0 Å². The molecule has 276 valence electrons. The zero-order valence-corrected chi connectivity index (χ0v) is 31.5. The molecule has 6 aromatic rings. The van der Waals surface area contributed by atoms with Crippen molar-refractivity contribution in [2.45, 2.75) is 52.0 Å². The van der Waals surface area contributed by atoms with Crippen LogP contribution in [-0.4, -0.2) is 64.6 Å². The van der Waals surface area contributed by atoms with Crippen molar-refractivity contribution in [1.82, 2.24) is 25.4 Å². The van der Waals surface area contributed by atoms with E-state index in [0.717, 1.165) is 54.9 Å². The molecule has 54 heavy (non-hydrogen) atoms. The van der Waals surface area contributed by atoms with Crippen LogP contribution in [0.4, 0.5) is 0 Å². The fraction of sp³-hybridized carbons (Fsp3) is 0.300. The Bertz CT molecular complexity index is 2470. The van der Waals surface area contributed by atoms with Crippen LogP contribution in [0.25, 0.3) is 26.7 Å². The van der Waals surface area contributed by atoms with Crippen LogP contribution in [0.15, 0.2) is 70.3 Å². The highest BCUT2D eigenvalue weighted by Crippen LogP contribution is 2.40. The zero-order chi connectivity index (χ0) is 37.5. The Kier molecular flexibility index (Phi) is 9.78. The maximum Gasteiger partial charge on any atom is 0.234 e. The third kappa shape index (κ3) is 6.78.